The lowest BCUT2D eigenvalue weighted by molar-refractivity contribution is -0.116. The van der Waals surface area contributed by atoms with Gasteiger partial charge >= 0.3 is 0 Å². The fourth-order valence-corrected chi connectivity index (χ4v) is 3.34. The average Bonchev–Trinajstić information content (AvgIpc) is 2.94. The highest BCUT2D eigenvalue weighted by Crippen LogP contribution is 2.20. The van der Waals surface area contributed by atoms with E-state index in [0.29, 0.717) is 22.5 Å². The summed E-state index contributed by atoms with van der Waals surface area (Å²) in [6.45, 7) is -0.158. The zero-order valence-corrected chi connectivity index (χ0v) is 14.6. The van der Waals surface area contributed by atoms with Gasteiger partial charge in [0, 0.05) is 11.9 Å². The molecule has 3 aromatic rings. The molecule has 1 amide bonds. The van der Waals surface area contributed by atoms with Crippen LogP contribution in [0.15, 0.2) is 53.7 Å². The number of nitrogens with one attached hydrogen (secondary N) is 1. The van der Waals surface area contributed by atoms with Gasteiger partial charge in [-0.3, -0.25) is 4.79 Å². The highest BCUT2D eigenvalue weighted by molar-refractivity contribution is 7.90. The van der Waals surface area contributed by atoms with Crippen LogP contribution in [0.25, 0.3) is 11.0 Å². The van der Waals surface area contributed by atoms with Crippen LogP contribution in [-0.2, 0) is 21.2 Å². The lowest BCUT2D eigenvalue weighted by Gasteiger charge is -2.09. The van der Waals surface area contributed by atoms with Crippen molar-refractivity contribution in [3.63, 3.8) is 0 Å². The van der Waals surface area contributed by atoms with Crippen LogP contribution in [-0.4, -0.2) is 37.2 Å². The molecule has 0 unspecified atom stereocenters. The maximum atomic E-state index is 12.4. The molecule has 0 saturated carbocycles. The number of nitrogens with zero attached hydrogens (tertiary/aromatic N) is 2. The molecule has 0 fully saturated rings. The van der Waals surface area contributed by atoms with Crippen LogP contribution in [0.2, 0.25) is 0 Å². The number of imidazole rings is 1. The summed E-state index contributed by atoms with van der Waals surface area (Å²) in [6, 6.07) is 13.9. The molecule has 0 spiro atoms. The average molecular weight is 359 g/mol. The molecule has 0 aliphatic rings. The first-order valence-corrected chi connectivity index (χ1v) is 9.37. The summed E-state index contributed by atoms with van der Waals surface area (Å²) in [5, 5.41) is 2.61. The van der Waals surface area contributed by atoms with E-state index in [1.54, 1.807) is 55.6 Å². The molecule has 1 N–H and O–H groups in total. The van der Waals surface area contributed by atoms with Gasteiger partial charge in [-0.1, -0.05) is 12.1 Å². The number of sulfone groups is 1. The van der Waals surface area contributed by atoms with E-state index in [0.717, 1.165) is 6.26 Å². The van der Waals surface area contributed by atoms with Crippen LogP contribution >= 0.6 is 0 Å². The molecule has 0 radical (unpaired) electrons. The number of para-hydroxylation sites is 2. The molecule has 7 nitrogen and oxygen atoms in total. The summed E-state index contributed by atoms with van der Waals surface area (Å²) >= 11 is 0. The number of anilines is 1. The smallest absolute Gasteiger partial charge is 0.244 e. The van der Waals surface area contributed by atoms with E-state index in [1.807, 2.05) is 0 Å². The zero-order chi connectivity index (χ0) is 18.0. The molecule has 2 aromatic carbocycles. The number of carbonyl (C=O) groups excluding carboxylic acids is 1. The molecule has 0 saturated heterocycles. The van der Waals surface area contributed by atoms with Gasteiger partial charge in [-0.05, 0) is 36.4 Å². The molecular weight excluding hydrogens is 342 g/mol. The minimum atomic E-state index is -3.57. The molecule has 130 valence electrons. The number of hydrogen-bond acceptors (Lipinski definition) is 5. The second-order valence-electron chi connectivity index (χ2n) is 5.52. The van der Waals surface area contributed by atoms with Crippen molar-refractivity contribution in [1.29, 1.82) is 0 Å². The Kier molecular flexibility index (Phi) is 4.45. The highest BCUT2D eigenvalue weighted by atomic mass is 32.2. The molecule has 1 heterocycles. The van der Waals surface area contributed by atoms with Gasteiger partial charge in [-0.15, -0.1) is 0 Å². The molecular formula is C17H17N3O4S. The topological polar surface area (TPSA) is 90.3 Å². The third kappa shape index (κ3) is 3.63. The Hall–Kier alpha value is -2.87. The Bertz CT molecular complexity index is 1020. The zero-order valence-electron chi connectivity index (χ0n) is 13.8. The van der Waals surface area contributed by atoms with Crippen molar-refractivity contribution in [2.24, 2.45) is 0 Å². The summed E-state index contributed by atoms with van der Waals surface area (Å²) in [5.74, 6) is 0.330. The van der Waals surface area contributed by atoms with Gasteiger partial charge in [0.05, 0.1) is 18.1 Å². The maximum Gasteiger partial charge on any atom is 0.244 e. The van der Waals surface area contributed by atoms with E-state index in [2.05, 4.69) is 10.3 Å². The van der Waals surface area contributed by atoms with Crippen LogP contribution in [0.5, 0.6) is 5.75 Å². The molecule has 0 atom stereocenters. The van der Waals surface area contributed by atoms with Crippen LogP contribution in [0.4, 0.5) is 5.69 Å². The molecule has 8 heteroatoms. The minimum Gasteiger partial charge on any atom is -0.497 e. The third-order valence-electron chi connectivity index (χ3n) is 3.63. The second kappa shape index (κ2) is 6.56. The number of methoxy groups -OCH3 is 1. The predicted molar refractivity (Wildman–Crippen MR) is 94.5 cm³/mol. The number of hydrogen-bond donors (Lipinski definition) is 1. The number of rotatable bonds is 5. The van der Waals surface area contributed by atoms with Crippen LogP contribution in [0.1, 0.15) is 0 Å². The van der Waals surface area contributed by atoms with Gasteiger partial charge in [0.15, 0.2) is 0 Å². The largest absolute Gasteiger partial charge is 0.497 e. The summed E-state index contributed by atoms with van der Waals surface area (Å²) in [4.78, 5) is 16.5. The normalized spacial score (nSPS) is 11.4. The number of benzene rings is 2. The number of fused-ring (bicyclic) bond motifs is 1. The molecule has 0 aliphatic carbocycles. The van der Waals surface area contributed by atoms with E-state index < -0.39 is 9.84 Å². The molecule has 1 aromatic heterocycles. The van der Waals surface area contributed by atoms with Crippen molar-refractivity contribution in [2.45, 2.75) is 11.7 Å². The van der Waals surface area contributed by atoms with E-state index >= 15 is 0 Å². The van der Waals surface area contributed by atoms with E-state index in [4.69, 9.17) is 4.74 Å². The van der Waals surface area contributed by atoms with Gasteiger partial charge in [-0.25, -0.2) is 13.4 Å². The highest BCUT2D eigenvalue weighted by Gasteiger charge is 2.20. The number of ether oxygens (including phenoxy) is 1. The van der Waals surface area contributed by atoms with Crippen molar-refractivity contribution in [1.82, 2.24) is 9.55 Å². The second-order valence-corrected chi connectivity index (χ2v) is 7.43. The summed E-state index contributed by atoms with van der Waals surface area (Å²) in [7, 11) is -2.01. The Labute approximate surface area is 145 Å². The van der Waals surface area contributed by atoms with Crippen molar-refractivity contribution < 1.29 is 17.9 Å². The first-order chi connectivity index (χ1) is 11.9. The Balaban J connectivity index is 1.89. The molecule has 3 rings (SSSR count). The molecule has 0 aliphatic heterocycles. The van der Waals surface area contributed by atoms with Gasteiger partial charge in [-0.2, -0.15) is 0 Å². The number of amides is 1. The predicted octanol–water partition coefficient (Wildman–Crippen LogP) is 2.09. The first kappa shape index (κ1) is 17.0. The van der Waals surface area contributed by atoms with Crippen LogP contribution < -0.4 is 10.1 Å². The Morgan fingerprint density at radius 1 is 1.16 bits per heavy atom. The standard InChI is InChI=1S/C17H17N3O4S/c1-24-13-9-7-12(8-10-13)18-16(21)11-20-15-6-4-3-5-14(15)19-17(20)25(2,22)23/h3-10H,11H2,1-2H3,(H,18,21). The number of carbonyl (C=O) groups is 1. The van der Waals surface area contributed by atoms with E-state index in [9.17, 15) is 13.2 Å². The quantitative estimate of drug-likeness (QED) is 0.753. The van der Waals surface area contributed by atoms with Crippen LogP contribution in [0, 0.1) is 0 Å². The van der Waals surface area contributed by atoms with E-state index in [1.165, 1.54) is 4.57 Å². The fourth-order valence-electron chi connectivity index (χ4n) is 2.51. The van der Waals surface area contributed by atoms with E-state index in [-0.39, 0.29) is 17.6 Å². The summed E-state index contributed by atoms with van der Waals surface area (Å²) in [6.07, 6.45) is 1.08. The molecule has 25 heavy (non-hydrogen) atoms. The van der Waals surface area contributed by atoms with Gasteiger partial charge < -0.3 is 14.6 Å². The van der Waals surface area contributed by atoms with Crippen molar-refractivity contribution in [3.05, 3.63) is 48.5 Å². The van der Waals surface area contributed by atoms with Crippen LogP contribution in [0.3, 0.4) is 0 Å². The molecule has 0 bridgehead atoms. The fraction of sp³-hybridized carbons (Fsp3) is 0.176. The first-order valence-electron chi connectivity index (χ1n) is 7.48. The van der Waals surface area contributed by atoms with Crippen molar-refractivity contribution in [2.75, 3.05) is 18.7 Å². The lowest BCUT2D eigenvalue weighted by Crippen LogP contribution is -2.21. The minimum absolute atomic E-state index is 0.126. The van der Waals surface area contributed by atoms with Gasteiger partial charge in [0.1, 0.15) is 12.3 Å². The third-order valence-corrected chi connectivity index (χ3v) is 4.60. The summed E-state index contributed by atoms with van der Waals surface area (Å²) in [5.41, 5.74) is 1.71. The van der Waals surface area contributed by atoms with Crippen molar-refractivity contribution >= 4 is 32.5 Å². The SMILES string of the molecule is COc1ccc(NC(=O)Cn2c(S(C)(=O)=O)nc3ccccc32)cc1. The van der Waals surface area contributed by atoms with Gasteiger partial charge in [0.2, 0.25) is 20.9 Å². The Morgan fingerprint density at radius 3 is 2.48 bits per heavy atom. The lowest BCUT2D eigenvalue weighted by atomic mass is 10.3. The number of aromatic nitrogens is 2. The monoisotopic (exact) mass is 359 g/mol. The maximum absolute atomic E-state index is 12.4. The Morgan fingerprint density at radius 2 is 1.84 bits per heavy atom. The van der Waals surface area contributed by atoms with Crippen molar-refractivity contribution in [3.8, 4) is 5.75 Å². The van der Waals surface area contributed by atoms with Gasteiger partial charge in [0.25, 0.3) is 0 Å². The summed E-state index contributed by atoms with van der Waals surface area (Å²) < 4.78 is 30.5.